The minimum absolute atomic E-state index is 0.274. The summed E-state index contributed by atoms with van der Waals surface area (Å²) >= 11 is 0. The number of phenols is 1. The summed E-state index contributed by atoms with van der Waals surface area (Å²) in [7, 11) is 0. The van der Waals surface area contributed by atoms with Gasteiger partial charge in [-0.3, -0.25) is 20.2 Å². The van der Waals surface area contributed by atoms with Gasteiger partial charge in [0.1, 0.15) is 5.75 Å². The van der Waals surface area contributed by atoms with Crippen molar-refractivity contribution in [3.8, 4) is 5.75 Å². The van der Waals surface area contributed by atoms with E-state index in [0.29, 0.717) is 5.75 Å². The van der Waals surface area contributed by atoms with Gasteiger partial charge in [0.15, 0.2) is 0 Å². The summed E-state index contributed by atoms with van der Waals surface area (Å²) in [4.78, 5) is 19.0. The third-order valence-electron chi connectivity index (χ3n) is 2.62. The molecule has 2 rings (SSSR count). The number of nitrogens with zero attached hydrogens (tertiary/aromatic N) is 2. The average Bonchev–Trinajstić information content (AvgIpc) is 2.48. The Bertz CT molecular complexity index is 614. The molecule has 0 unspecified atom stereocenters. The maximum Gasteiger partial charge on any atom is 0.276 e. The van der Waals surface area contributed by atoms with Crippen molar-refractivity contribution < 1.29 is 15.0 Å². The van der Waals surface area contributed by atoms with Gasteiger partial charge in [-0.2, -0.15) is 0 Å². The van der Waals surface area contributed by atoms with Crippen LogP contribution in [0.3, 0.4) is 0 Å². The summed E-state index contributed by atoms with van der Waals surface area (Å²) in [5.41, 5.74) is 0.464. The van der Waals surface area contributed by atoms with Gasteiger partial charge < -0.3 is 5.11 Å². The van der Waals surface area contributed by atoms with Gasteiger partial charge in [-0.1, -0.05) is 25.1 Å². The highest BCUT2D eigenvalue weighted by atomic mass is 16.6. The fourth-order valence-corrected chi connectivity index (χ4v) is 1.53. The van der Waals surface area contributed by atoms with Gasteiger partial charge in [-0.15, -0.1) is 0 Å². The van der Waals surface area contributed by atoms with Crippen LogP contribution in [-0.2, 0) is 6.42 Å². The van der Waals surface area contributed by atoms with E-state index in [2.05, 4.69) is 0 Å². The molecule has 0 aromatic heterocycles. The number of nitro groups is 2. The Morgan fingerprint density at radius 1 is 0.952 bits per heavy atom. The van der Waals surface area contributed by atoms with E-state index >= 15 is 0 Å². The molecule has 0 bridgehead atoms. The quantitative estimate of drug-likeness (QED) is 0.688. The van der Waals surface area contributed by atoms with Crippen molar-refractivity contribution in [3.63, 3.8) is 0 Å². The average molecular weight is 290 g/mol. The van der Waals surface area contributed by atoms with Crippen LogP contribution in [0.25, 0.3) is 0 Å². The van der Waals surface area contributed by atoms with Crippen molar-refractivity contribution in [1.82, 2.24) is 0 Å². The van der Waals surface area contributed by atoms with E-state index in [0.717, 1.165) is 18.1 Å². The molecule has 2 aromatic carbocycles. The zero-order valence-corrected chi connectivity index (χ0v) is 11.3. The van der Waals surface area contributed by atoms with Gasteiger partial charge in [0, 0.05) is 12.1 Å². The fourth-order valence-electron chi connectivity index (χ4n) is 1.53. The molecule has 0 aliphatic carbocycles. The molecule has 7 nitrogen and oxygen atoms in total. The van der Waals surface area contributed by atoms with Crippen LogP contribution in [-0.4, -0.2) is 15.0 Å². The summed E-state index contributed by atoms with van der Waals surface area (Å²) in [6, 6.07) is 12.0. The Balaban J connectivity index is 0.000000219. The number of aromatic hydroxyl groups is 1. The van der Waals surface area contributed by atoms with Crippen molar-refractivity contribution in [1.29, 1.82) is 0 Å². The Kier molecular flexibility index (Phi) is 5.81. The third kappa shape index (κ3) is 4.90. The number of nitro benzene ring substituents is 2. The van der Waals surface area contributed by atoms with E-state index in [-0.39, 0.29) is 11.4 Å². The molecule has 0 spiro atoms. The van der Waals surface area contributed by atoms with Crippen LogP contribution in [0, 0.1) is 20.2 Å². The van der Waals surface area contributed by atoms with E-state index < -0.39 is 9.85 Å². The highest BCUT2D eigenvalue weighted by molar-refractivity contribution is 5.42. The second-order valence-corrected chi connectivity index (χ2v) is 4.02. The first-order chi connectivity index (χ1) is 9.95. The van der Waals surface area contributed by atoms with Gasteiger partial charge in [0.2, 0.25) is 0 Å². The summed E-state index contributed by atoms with van der Waals surface area (Å²) in [5.74, 6) is 0.403. The van der Waals surface area contributed by atoms with E-state index in [4.69, 9.17) is 5.11 Å². The Morgan fingerprint density at radius 2 is 1.48 bits per heavy atom. The molecule has 0 aliphatic heterocycles. The molecule has 0 fully saturated rings. The maximum absolute atomic E-state index is 10.2. The van der Waals surface area contributed by atoms with Crippen LogP contribution in [0.5, 0.6) is 5.75 Å². The number of para-hydroxylation sites is 1. The number of hydrogen-bond donors (Lipinski definition) is 1. The number of aryl methyl sites for hydroxylation is 1. The minimum Gasteiger partial charge on any atom is -0.508 e. The minimum atomic E-state index is -0.674. The lowest BCUT2D eigenvalue weighted by Gasteiger charge is -1.97. The first kappa shape index (κ1) is 16.1. The lowest BCUT2D eigenvalue weighted by atomic mass is 10.1. The summed E-state index contributed by atoms with van der Waals surface area (Å²) in [5, 5.41) is 29.4. The number of rotatable bonds is 3. The molecule has 110 valence electrons. The zero-order valence-electron chi connectivity index (χ0n) is 11.3. The van der Waals surface area contributed by atoms with Crippen LogP contribution in [0.4, 0.5) is 11.4 Å². The molecule has 0 amide bonds. The number of hydrogen-bond acceptors (Lipinski definition) is 5. The zero-order chi connectivity index (χ0) is 15.8. The first-order valence-corrected chi connectivity index (χ1v) is 6.11. The van der Waals surface area contributed by atoms with Crippen molar-refractivity contribution >= 4 is 11.4 Å². The molecule has 21 heavy (non-hydrogen) atoms. The van der Waals surface area contributed by atoms with Crippen LogP contribution in [0.1, 0.15) is 12.5 Å². The van der Waals surface area contributed by atoms with Gasteiger partial charge in [-0.05, 0) is 24.1 Å². The monoisotopic (exact) mass is 290 g/mol. The van der Waals surface area contributed by atoms with Gasteiger partial charge in [0.05, 0.1) is 15.9 Å². The van der Waals surface area contributed by atoms with E-state index in [1.807, 2.05) is 25.1 Å². The Labute approximate surface area is 120 Å². The van der Waals surface area contributed by atoms with E-state index in [1.165, 1.54) is 18.2 Å². The predicted octanol–water partition coefficient (Wildman–Crippen LogP) is 3.46. The smallest absolute Gasteiger partial charge is 0.276 e. The van der Waals surface area contributed by atoms with Crippen molar-refractivity contribution in [3.05, 3.63) is 74.3 Å². The topological polar surface area (TPSA) is 107 Å². The molecule has 0 atom stereocenters. The van der Waals surface area contributed by atoms with E-state index in [1.54, 1.807) is 6.07 Å². The standard InChI is InChI=1S/C8H10O.C6H4N2O4/c1-2-7-5-3-4-6-8(7)9;9-7(10)5-2-1-3-6(4-5)8(11)12/h3-6,9H,2H2,1H3;1-4H. The summed E-state index contributed by atoms with van der Waals surface area (Å²) < 4.78 is 0. The number of benzene rings is 2. The normalized spacial score (nSPS) is 9.38. The molecule has 0 saturated carbocycles. The number of non-ortho nitro benzene ring substituents is 2. The highest BCUT2D eigenvalue weighted by Gasteiger charge is 2.11. The highest BCUT2D eigenvalue weighted by Crippen LogP contribution is 2.18. The second-order valence-electron chi connectivity index (χ2n) is 4.02. The molecular weight excluding hydrogens is 276 g/mol. The van der Waals surface area contributed by atoms with Crippen LogP contribution >= 0.6 is 0 Å². The molecule has 0 radical (unpaired) electrons. The Hall–Kier alpha value is -2.96. The third-order valence-corrected chi connectivity index (χ3v) is 2.62. The van der Waals surface area contributed by atoms with Crippen LogP contribution in [0.15, 0.2) is 48.5 Å². The molecular formula is C14H14N2O5. The number of phenolic OH excluding ortho intramolecular Hbond substituents is 1. The van der Waals surface area contributed by atoms with Gasteiger partial charge >= 0.3 is 0 Å². The largest absolute Gasteiger partial charge is 0.508 e. The lowest BCUT2D eigenvalue weighted by Crippen LogP contribution is -1.91. The first-order valence-electron chi connectivity index (χ1n) is 6.11. The maximum atomic E-state index is 10.2. The Morgan fingerprint density at radius 3 is 1.86 bits per heavy atom. The van der Waals surface area contributed by atoms with Gasteiger partial charge in [0.25, 0.3) is 11.4 Å². The molecule has 0 heterocycles. The lowest BCUT2D eigenvalue weighted by molar-refractivity contribution is -0.394. The van der Waals surface area contributed by atoms with Crippen LogP contribution in [0.2, 0.25) is 0 Å². The predicted molar refractivity (Wildman–Crippen MR) is 77.2 cm³/mol. The van der Waals surface area contributed by atoms with Crippen molar-refractivity contribution in [2.24, 2.45) is 0 Å². The van der Waals surface area contributed by atoms with E-state index in [9.17, 15) is 20.2 Å². The molecule has 1 N–H and O–H groups in total. The molecule has 7 heteroatoms. The molecule has 0 aliphatic rings. The molecule has 2 aromatic rings. The van der Waals surface area contributed by atoms with Gasteiger partial charge in [-0.25, -0.2) is 0 Å². The van der Waals surface area contributed by atoms with Crippen molar-refractivity contribution in [2.75, 3.05) is 0 Å². The summed E-state index contributed by atoms with van der Waals surface area (Å²) in [6.07, 6.45) is 0.896. The molecule has 0 saturated heterocycles. The SMILES string of the molecule is CCc1ccccc1O.O=[N+]([O-])c1cccc([N+](=O)[O-])c1. The fraction of sp³-hybridized carbons (Fsp3) is 0.143. The second kappa shape index (κ2) is 7.59. The summed E-state index contributed by atoms with van der Waals surface area (Å²) in [6.45, 7) is 2.02. The van der Waals surface area contributed by atoms with Crippen LogP contribution < -0.4 is 0 Å². The van der Waals surface area contributed by atoms with Crippen molar-refractivity contribution in [2.45, 2.75) is 13.3 Å².